The first-order valence-corrected chi connectivity index (χ1v) is 9.07. The molecule has 0 radical (unpaired) electrons. The molecule has 0 bridgehead atoms. The monoisotopic (exact) mass is 329 g/mol. The van der Waals surface area contributed by atoms with Crippen LogP contribution < -0.4 is 5.32 Å². The Kier molecular flexibility index (Phi) is 4.96. The van der Waals surface area contributed by atoms with Gasteiger partial charge < -0.3 is 5.32 Å². The fourth-order valence-corrected chi connectivity index (χ4v) is 3.85. The summed E-state index contributed by atoms with van der Waals surface area (Å²) in [6.45, 7) is 4.64. The number of rotatable bonds is 5. The van der Waals surface area contributed by atoms with E-state index in [0.29, 0.717) is 6.54 Å². The van der Waals surface area contributed by atoms with Crippen LogP contribution in [0.3, 0.4) is 0 Å². The molecule has 0 saturated carbocycles. The van der Waals surface area contributed by atoms with Crippen LogP contribution in [-0.2, 0) is 4.79 Å². The first-order chi connectivity index (χ1) is 11.1. The smallest absolute Gasteiger partial charge is 0.223 e. The molecule has 4 nitrogen and oxygen atoms in total. The maximum Gasteiger partial charge on any atom is 0.223 e. The number of aryl methyl sites for hydroxylation is 2. The zero-order valence-corrected chi connectivity index (χ0v) is 14.5. The van der Waals surface area contributed by atoms with Crippen molar-refractivity contribution in [2.75, 3.05) is 6.54 Å². The van der Waals surface area contributed by atoms with Crippen molar-refractivity contribution in [2.24, 2.45) is 5.92 Å². The van der Waals surface area contributed by atoms with Gasteiger partial charge in [-0.15, -0.1) is 0 Å². The van der Waals surface area contributed by atoms with Gasteiger partial charge in [0.15, 0.2) is 0 Å². The van der Waals surface area contributed by atoms with E-state index in [-0.39, 0.29) is 17.9 Å². The highest BCUT2D eigenvalue weighted by molar-refractivity contribution is 7.07. The van der Waals surface area contributed by atoms with E-state index in [2.05, 4.69) is 52.4 Å². The summed E-state index contributed by atoms with van der Waals surface area (Å²) in [6, 6.07) is 4.24. The molecule has 23 heavy (non-hydrogen) atoms. The Bertz CT molecular complexity index is 687. The topological polar surface area (TPSA) is 46.9 Å². The number of carbonyl (C=O) groups is 1. The van der Waals surface area contributed by atoms with Crippen molar-refractivity contribution in [1.82, 2.24) is 15.1 Å². The number of nitrogens with one attached hydrogen (secondary N) is 1. The van der Waals surface area contributed by atoms with Crippen LogP contribution in [0.4, 0.5) is 0 Å². The van der Waals surface area contributed by atoms with Crippen molar-refractivity contribution in [2.45, 2.75) is 39.2 Å². The fraction of sp³-hybridized carbons (Fsp3) is 0.444. The molecule has 1 amide bonds. The number of hydrogen-bond acceptors (Lipinski definition) is 3. The van der Waals surface area contributed by atoms with Gasteiger partial charge >= 0.3 is 0 Å². The SMILES string of the molecule is Cc1cc(C)n(C(CNC(=O)C2CC=CCC2)c2ccsc2)n1. The number of hydrogen-bond donors (Lipinski definition) is 1. The highest BCUT2D eigenvalue weighted by Crippen LogP contribution is 2.23. The Morgan fingerprint density at radius 2 is 2.35 bits per heavy atom. The molecule has 5 heteroatoms. The molecule has 0 saturated heterocycles. The average molecular weight is 329 g/mol. The van der Waals surface area contributed by atoms with Crippen molar-refractivity contribution < 1.29 is 4.79 Å². The predicted molar refractivity (Wildman–Crippen MR) is 93.6 cm³/mol. The zero-order chi connectivity index (χ0) is 16.2. The third-order valence-corrected chi connectivity index (χ3v) is 5.08. The van der Waals surface area contributed by atoms with E-state index in [4.69, 9.17) is 0 Å². The van der Waals surface area contributed by atoms with Crippen molar-refractivity contribution in [3.05, 3.63) is 52.0 Å². The molecule has 0 spiro atoms. The zero-order valence-electron chi connectivity index (χ0n) is 13.7. The summed E-state index contributed by atoms with van der Waals surface area (Å²) in [5.41, 5.74) is 3.32. The van der Waals surface area contributed by atoms with Crippen LogP contribution in [0, 0.1) is 19.8 Å². The van der Waals surface area contributed by atoms with Crippen LogP contribution in [0.2, 0.25) is 0 Å². The summed E-state index contributed by atoms with van der Waals surface area (Å²) < 4.78 is 2.03. The molecule has 2 aromatic rings. The molecule has 2 unspecified atom stereocenters. The number of allylic oxidation sites excluding steroid dienone is 2. The van der Waals surface area contributed by atoms with Gasteiger partial charge in [-0.1, -0.05) is 12.2 Å². The third kappa shape index (κ3) is 3.72. The van der Waals surface area contributed by atoms with Gasteiger partial charge in [-0.05, 0) is 61.6 Å². The van der Waals surface area contributed by atoms with Crippen LogP contribution in [0.1, 0.15) is 42.3 Å². The van der Waals surface area contributed by atoms with Gasteiger partial charge in [0.2, 0.25) is 5.91 Å². The number of thiophene rings is 1. The second kappa shape index (κ2) is 7.13. The van der Waals surface area contributed by atoms with E-state index in [1.807, 2.05) is 11.6 Å². The fourth-order valence-electron chi connectivity index (χ4n) is 3.15. The molecule has 122 valence electrons. The quantitative estimate of drug-likeness (QED) is 0.852. The largest absolute Gasteiger partial charge is 0.353 e. The predicted octanol–water partition coefficient (Wildman–Crippen LogP) is 3.62. The molecular formula is C18H23N3OS. The summed E-state index contributed by atoms with van der Waals surface area (Å²) in [5, 5.41) is 12.0. The van der Waals surface area contributed by atoms with Crippen LogP contribution in [0.25, 0.3) is 0 Å². The summed E-state index contributed by atoms with van der Waals surface area (Å²) in [4.78, 5) is 12.4. The van der Waals surface area contributed by atoms with Gasteiger partial charge in [0.1, 0.15) is 0 Å². The summed E-state index contributed by atoms with van der Waals surface area (Å²) in [5.74, 6) is 0.277. The lowest BCUT2D eigenvalue weighted by molar-refractivity contribution is -0.125. The number of nitrogens with zero attached hydrogens (tertiary/aromatic N) is 2. The van der Waals surface area contributed by atoms with Crippen LogP contribution in [-0.4, -0.2) is 22.2 Å². The summed E-state index contributed by atoms with van der Waals surface area (Å²) in [6.07, 6.45) is 7.09. The molecule has 1 N–H and O–H groups in total. The highest BCUT2D eigenvalue weighted by Gasteiger charge is 2.22. The molecule has 2 aromatic heterocycles. The first-order valence-electron chi connectivity index (χ1n) is 8.12. The standard InChI is InChI=1S/C18H23N3OS/c1-13-10-14(2)21(20-13)17(16-8-9-23-12-16)11-19-18(22)15-6-4-3-5-7-15/h3-4,8-10,12,15,17H,5-7,11H2,1-2H3,(H,19,22). The molecule has 1 aliphatic carbocycles. The molecule has 2 atom stereocenters. The van der Waals surface area contributed by atoms with E-state index in [1.54, 1.807) is 11.3 Å². The molecule has 0 aliphatic heterocycles. The van der Waals surface area contributed by atoms with E-state index in [9.17, 15) is 4.79 Å². The summed E-state index contributed by atoms with van der Waals surface area (Å²) >= 11 is 1.67. The maximum absolute atomic E-state index is 12.4. The normalized spacial score (nSPS) is 18.8. The van der Waals surface area contributed by atoms with Gasteiger partial charge in [-0.2, -0.15) is 16.4 Å². The third-order valence-electron chi connectivity index (χ3n) is 4.38. The minimum atomic E-state index is 0.0537. The van der Waals surface area contributed by atoms with Crippen molar-refractivity contribution in [3.63, 3.8) is 0 Å². The van der Waals surface area contributed by atoms with E-state index in [1.165, 1.54) is 5.56 Å². The van der Waals surface area contributed by atoms with Crippen LogP contribution in [0.15, 0.2) is 35.0 Å². The Labute approximate surface area is 141 Å². The van der Waals surface area contributed by atoms with E-state index >= 15 is 0 Å². The second-order valence-electron chi connectivity index (χ2n) is 6.17. The minimum Gasteiger partial charge on any atom is -0.353 e. The molecule has 0 aromatic carbocycles. The molecule has 0 fully saturated rings. The number of aromatic nitrogens is 2. The van der Waals surface area contributed by atoms with Gasteiger partial charge in [0.05, 0.1) is 11.7 Å². The molecule has 2 heterocycles. The Morgan fingerprint density at radius 3 is 2.96 bits per heavy atom. The molecular weight excluding hydrogens is 306 g/mol. The molecule has 1 aliphatic rings. The van der Waals surface area contributed by atoms with Gasteiger partial charge in [-0.3, -0.25) is 9.48 Å². The highest BCUT2D eigenvalue weighted by atomic mass is 32.1. The van der Waals surface area contributed by atoms with Crippen LogP contribution >= 0.6 is 11.3 Å². The Hall–Kier alpha value is -1.88. The van der Waals surface area contributed by atoms with Crippen LogP contribution in [0.5, 0.6) is 0 Å². The minimum absolute atomic E-state index is 0.0537. The van der Waals surface area contributed by atoms with E-state index in [0.717, 1.165) is 30.7 Å². The Morgan fingerprint density at radius 1 is 1.48 bits per heavy atom. The van der Waals surface area contributed by atoms with Crippen molar-refractivity contribution >= 4 is 17.2 Å². The van der Waals surface area contributed by atoms with Gasteiger partial charge in [-0.25, -0.2) is 0 Å². The lowest BCUT2D eigenvalue weighted by atomic mass is 9.93. The lowest BCUT2D eigenvalue weighted by Crippen LogP contribution is -2.36. The van der Waals surface area contributed by atoms with Gasteiger partial charge in [0.25, 0.3) is 0 Å². The number of carbonyl (C=O) groups excluding carboxylic acids is 1. The average Bonchev–Trinajstić information content (AvgIpc) is 3.19. The number of amides is 1. The Balaban J connectivity index is 1.73. The maximum atomic E-state index is 12.4. The first kappa shape index (κ1) is 16.0. The summed E-state index contributed by atoms with van der Waals surface area (Å²) in [7, 11) is 0. The van der Waals surface area contributed by atoms with Gasteiger partial charge in [0, 0.05) is 18.2 Å². The lowest BCUT2D eigenvalue weighted by Gasteiger charge is -2.22. The molecule has 3 rings (SSSR count). The van der Waals surface area contributed by atoms with E-state index < -0.39 is 0 Å². The second-order valence-corrected chi connectivity index (χ2v) is 6.95. The van der Waals surface area contributed by atoms with Crippen molar-refractivity contribution in [1.29, 1.82) is 0 Å². The van der Waals surface area contributed by atoms with Crippen molar-refractivity contribution in [3.8, 4) is 0 Å².